The van der Waals surface area contributed by atoms with Gasteiger partial charge < -0.3 is 4.28 Å². The largest absolute Gasteiger partial charge is 2.00 e. The molecule has 0 unspecified atom stereocenters. The summed E-state index contributed by atoms with van der Waals surface area (Å²) >= 11 is 0. The molecule has 0 N–H and O–H groups in total. The van der Waals surface area contributed by atoms with E-state index in [-0.39, 0.29) is 85.3 Å². The quantitative estimate of drug-likeness (QED) is 0.279. The molecule has 4 heteroatoms. The second kappa shape index (κ2) is 17.5. The van der Waals surface area contributed by atoms with Crippen molar-refractivity contribution in [3.05, 3.63) is 0 Å². The fraction of sp³-hybridized carbons (Fsp3) is 0. The maximum absolute atomic E-state index is 0. The van der Waals surface area contributed by atoms with Crippen LogP contribution in [-0.2, 0) is 21.7 Å². The van der Waals surface area contributed by atoms with E-state index in [1.165, 1.54) is 0 Å². The van der Waals surface area contributed by atoms with Crippen LogP contribution in [0.2, 0.25) is 0 Å². The van der Waals surface area contributed by atoms with Crippen LogP contribution in [0.3, 0.4) is 0 Å². The third-order valence-electron chi connectivity index (χ3n) is 0. The topological polar surface area (TPSA) is 0 Å². The van der Waals surface area contributed by atoms with E-state index in [1.54, 1.807) is 0 Å². The zero-order valence-electron chi connectivity index (χ0n) is 5.21. The first-order valence-corrected chi connectivity index (χ1v) is 0. The predicted molar refractivity (Wildman–Crippen MR) is 19.0 cm³/mol. The molecular formula is H6AlLiMgTi. The standard InChI is InChI=1S/Al.Li.Mg.Ti.6H/q;+1;+2;;;;;3*-1. The van der Waals surface area contributed by atoms with Gasteiger partial charge in [-0.05, 0) is 0 Å². The van der Waals surface area contributed by atoms with E-state index < -0.39 is 0 Å². The first-order chi connectivity index (χ1) is 0. The summed E-state index contributed by atoms with van der Waals surface area (Å²) in [7, 11) is 0. The van der Waals surface area contributed by atoms with Crippen molar-refractivity contribution in [1.29, 1.82) is 0 Å². The van der Waals surface area contributed by atoms with Crippen LogP contribution in [0.1, 0.15) is 4.28 Å². The summed E-state index contributed by atoms with van der Waals surface area (Å²) in [5.74, 6) is 0. The second-order valence-electron chi connectivity index (χ2n) is 0. The SMILES string of the molecule is [AlH3].[H-].[H-].[H-].[Li+].[Mg+2].[Ti]. The fourth-order valence-corrected chi connectivity index (χ4v) is 0. The van der Waals surface area contributed by atoms with E-state index >= 15 is 0 Å². The van der Waals surface area contributed by atoms with Crippen molar-refractivity contribution in [1.82, 2.24) is 0 Å². The summed E-state index contributed by atoms with van der Waals surface area (Å²) in [6.07, 6.45) is 0. The van der Waals surface area contributed by atoms with Crippen LogP contribution in [0.15, 0.2) is 0 Å². The monoisotopic (exact) mass is 112 g/mol. The molecule has 0 bridgehead atoms. The molecule has 0 amide bonds. The van der Waals surface area contributed by atoms with Gasteiger partial charge in [-0.3, -0.25) is 0 Å². The Morgan fingerprint density at radius 2 is 1.25 bits per heavy atom. The Kier molecular flexibility index (Phi) is 134. The van der Waals surface area contributed by atoms with Gasteiger partial charge in [-0.15, -0.1) is 0 Å². The van der Waals surface area contributed by atoms with Crippen LogP contribution in [0.4, 0.5) is 0 Å². The molecule has 0 radical (unpaired) electrons. The van der Waals surface area contributed by atoms with Gasteiger partial charge in [0.2, 0.25) is 0 Å². The number of rotatable bonds is 0. The van der Waals surface area contributed by atoms with E-state index in [0.29, 0.717) is 0 Å². The molecule has 16 valence electrons. The molecule has 0 rings (SSSR count). The summed E-state index contributed by atoms with van der Waals surface area (Å²) in [4.78, 5) is 0. The number of hydrogen-bond acceptors (Lipinski definition) is 0. The van der Waals surface area contributed by atoms with Crippen LogP contribution in [0, 0.1) is 0 Å². The van der Waals surface area contributed by atoms with Crippen molar-refractivity contribution in [3.63, 3.8) is 0 Å². The molecule has 0 aliphatic rings. The molecule has 0 atom stereocenters. The Bertz CT molecular complexity index is 14.9. The van der Waals surface area contributed by atoms with Gasteiger partial charge in [0.15, 0.2) is 17.4 Å². The van der Waals surface area contributed by atoms with Crippen LogP contribution in [-0.4, -0.2) is 40.4 Å². The minimum absolute atomic E-state index is 0. The first kappa shape index (κ1) is 30.5. The zero-order chi connectivity index (χ0) is 0. The van der Waals surface area contributed by atoms with E-state index in [4.69, 9.17) is 0 Å². The van der Waals surface area contributed by atoms with Crippen molar-refractivity contribution in [3.8, 4) is 0 Å². The van der Waals surface area contributed by atoms with E-state index in [1.807, 2.05) is 0 Å². The molecule has 0 spiro atoms. The molecule has 0 saturated carbocycles. The Balaban J connectivity index is 0. The molecule has 0 aromatic carbocycles. The van der Waals surface area contributed by atoms with E-state index in [9.17, 15) is 0 Å². The molecule has 0 heterocycles. The van der Waals surface area contributed by atoms with Crippen molar-refractivity contribution in [2.24, 2.45) is 0 Å². The van der Waals surface area contributed by atoms with Crippen molar-refractivity contribution in [2.45, 2.75) is 0 Å². The maximum Gasteiger partial charge on any atom is 2.00 e. The van der Waals surface area contributed by atoms with Crippen molar-refractivity contribution >= 4 is 40.4 Å². The summed E-state index contributed by atoms with van der Waals surface area (Å²) in [6.45, 7) is 0. The van der Waals surface area contributed by atoms with Gasteiger partial charge in [-0.25, -0.2) is 0 Å². The minimum Gasteiger partial charge on any atom is -1.00 e. The Morgan fingerprint density at radius 3 is 1.25 bits per heavy atom. The third kappa shape index (κ3) is 8.82. The summed E-state index contributed by atoms with van der Waals surface area (Å²) in [5, 5.41) is 0. The maximum atomic E-state index is 0. The van der Waals surface area contributed by atoms with Crippen LogP contribution >= 0.6 is 0 Å². The van der Waals surface area contributed by atoms with Gasteiger partial charge in [0.25, 0.3) is 0 Å². The molecule has 0 nitrogen and oxygen atoms in total. The van der Waals surface area contributed by atoms with Gasteiger partial charge in [-0.1, -0.05) is 0 Å². The fourth-order valence-electron chi connectivity index (χ4n) is 0. The molecule has 0 aromatic rings. The van der Waals surface area contributed by atoms with Gasteiger partial charge in [-0.2, -0.15) is 0 Å². The van der Waals surface area contributed by atoms with Crippen LogP contribution in [0.25, 0.3) is 0 Å². The van der Waals surface area contributed by atoms with Gasteiger partial charge in [0.05, 0.1) is 0 Å². The van der Waals surface area contributed by atoms with Gasteiger partial charge in [0.1, 0.15) is 0 Å². The molecule has 0 saturated heterocycles. The Morgan fingerprint density at radius 1 is 1.25 bits per heavy atom. The Labute approximate surface area is 84.3 Å². The van der Waals surface area contributed by atoms with E-state index in [2.05, 4.69) is 0 Å². The summed E-state index contributed by atoms with van der Waals surface area (Å²) in [6, 6.07) is 0. The normalized spacial score (nSPS) is 0. The molecular weight excluding hydrogens is 106 g/mol. The average molecular weight is 112 g/mol. The zero-order valence-corrected chi connectivity index (χ0v) is 5.18. The van der Waals surface area contributed by atoms with Crippen LogP contribution < -0.4 is 18.9 Å². The minimum atomic E-state index is 0. The molecule has 0 aromatic heterocycles. The molecule has 4 heavy (non-hydrogen) atoms. The Hall–Kier alpha value is 2.61. The first-order valence-electron chi connectivity index (χ1n) is 0. The second-order valence-corrected chi connectivity index (χ2v) is 0. The number of hydrogen-bond donors (Lipinski definition) is 0. The van der Waals surface area contributed by atoms with Crippen LogP contribution in [0.5, 0.6) is 0 Å². The molecule has 0 aliphatic carbocycles. The molecule has 0 fully saturated rings. The third-order valence-corrected chi connectivity index (χ3v) is 0. The van der Waals surface area contributed by atoms with Gasteiger partial charge >= 0.3 is 41.9 Å². The summed E-state index contributed by atoms with van der Waals surface area (Å²) in [5.41, 5.74) is 0. The van der Waals surface area contributed by atoms with E-state index in [0.717, 1.165) is 0 Å². The smallest absolute Gasteiger partial charge is 1.00 e. The average Bonchev–Trinajstić information content (AvgIpc) is 0. The van der Waals surface area contributed by atoms with Gasteiger partial charge in [0, 0.05) is 21.7 Å². The summed E-state index contributed by atoms with van der Waals surface area (Å²) < 4.78 is 0. The van der Waals surface area contributed by atoms with Crippen molar-refractivity contribution < 1.29 is 44.9 Å². The predicted octanol–water partition coefficient (Wildman–Crippen LogP) is -4.23. The molecule has 0 aliphatic heterocycles. The van der Waals surface area contributed by atoms with Crippen molar-refractivity contribution in [2.75, 3.05) is 0 Å².